The van der Waals surface area contributed by atoms with Crippen molar-refractivity contribution in [3.8, 4) is 0 Å². The van der Waals surface area contributed by atoms with Crippen LogP contribution in [0, 0.1) is 5.41 Å². The van der Waals surface area contributed by atoms with Crippen LogP contribution in [0.1, 0.15) is 47.5 Å². The summed E-state index contributed by atoms with van der Waals surface area (Å²) in [5.41, 5.74) is -1.67. The molecule has 1 fully saturated rings. The largest absolute Gasteiger partial charge is 0.460 e. The number of hydrogen-bond donors (Lipinski definition) is 0. The van der Waals surface area contributed by atoms with E-state index in [2.05, 4.69) is 0 Å². The number of rotatable bonds is 3. The average Bonchev–Trinajstić information content (AvgIpc) is 2.40. The van der Waals surface area contributed by atoms with Gasteiger partial charge in [0.2, 0.25) is 5.60 Å². The minimum Gasteiger partial charge on any atom is -0.460 e. The van der Waals surface area contributed by atoms with E-state index in [0.29, 0.717) is 12.8 Å². The second-order valence-corrected chi connectivity index (χ2v) is 5.28. The first-order valence-corrected chi connectivity index (χ1v) is 5.66. The minimum atomic E-state index is -1.11. The van der Waals surface area contributed by atoms with E-state index in [1.165, 1.54) is 0 Å². The number of ether oxygens (including phenoxy) is 2. The fourth-order valence-corrected chi connectivity index (χ4v) is 1.55. The highest BCUT2D eigenvalue weighted by molar-refractivity contribution is 5.86. The molecule has 4 heteroatoms. The Morgan fingerprint density at radius 3 is 2.56 bits per heavy atom. The van der Waals surface area contributed by atoms with Gasteiger partial charge in [-0.2, -0.15) is 0 Å². The van der Waals surface area contributed by atoms with Crippen LogP contribution in [0.2, 0.25) is 0 Å². The van der Waals surface area contributed by atoms with Gasteiger partial charge in [0.15, 0.2) is 0 Å². The standard InChI is InChI=1S/C12H20O4/c1-6-11(3,4)9(13)16-12(5)7-8(2)15-10(12)14/h8H,6-7H2,1-5H3. The summed E-state index contributed by atoms with van der Waals surface area (Å²) in [6.07, 6.45) is 0.916. The van der Waals surface area contributed by atoms with Crippen LogP contribution in [0.25, 0.3) is 0 Å². The average molecular weight is 228 g/mol. The van der Waals surface area contributed by atoms with E-state index in [1.807, 2.05) is 20.8 Å². The van der Waals surface area contributed by atoms with Gasteiger partial charge >= 0.3 is 11.9 Å². The lowest BCUT2D eigenvalue weighted by atomic mass is 9.90. The minimum absolute atomic E-state index is 0.185. The van der Waals surface area contributed by atoms with Gasteiger partial charge in [0.1, 0.15) is 6.10 Å². The fourth-order valence-electron chi connectivity index (χ4n) is 1.55. The molecule has 1 saturated heterocycles. The van der Waals surface area contributed by atoms with Gasteiger partial charge < -0.3 is 9.47 Å². The zero-order valence-electron chi connectivity index (χ0n) is 10.6. The van der Waals surface area contributed by atoms with Crippen molar-refractivity contribution in [2.75, 3.05) is 0 Å². The van der Waals surface area contributed by atoms with Gasteiger partial charge in [0.25, 0.3) is 0 Å². The van der Waals surface area contributed by atoms with E-state index < -0.39 is 17.0 Å². The molecule has 0 aromatic rings. The third-order valence-electron chi connectivity index (χ3n) is 3.17. The first-order chi connectivity index (χ1) is 7.21. The first-order valence-electron chi connectivity index (χ1n) is 5.66. The van der Waals surface area contributed by atoms with Crippen molar-refractivity contribution in [2.45, 2.75) is 59.2 Å². The molecule has 1 heterocycles. The van der Waals surface area contributed by atoms with Gasteiger partial charge in [0.05, 0.1) is 5.41 Å². The lowest BCUT2D eigenvalue weighted by molar-refractivity contribution is -0.178. The summed E-state index contributed by atoms with van der Waals surface area (Å²) >= 11 is 0. The quantitative estimate of drug-likeness (QED) is 0.694. The Hall–Kier alpha value is -1.06. The molecule has 1 aliphatic rings. The summed E-state index contributed by atoms with van der Waals surface area (Å²) in [6.45, 7) is 8.94. The van der Waals surface area contributed by atoms with E-state index in [9.17, 15) is 9.59 Å². The summed E-state index contributed by atoms with van der Waals surface area (Å²) in [5.74, 6) is -0.788. The maximum Gasteiger partial charge on any atom is 0.350 e. The fraction of sp³-hybridized carbons (Fsp3) is 0.833. The molecule has 0 aliphatic carbocycles. The van der Waals surface area contributed by atoms with Crippen LogP contribution in [0.3, 0.4) is 0 Å². The number of cyclic esters (lactones) is 1. The number of hydrogen-bond acceptors (Lipinski definition) is 4. The molecule has 1 rings (SSSR count). The molecule has 0 aromatic heterocycles. The Balaban J connectivity index is 2.74. The van der Waals surface area contributed by atoms with Crippen molar-refractivity contribution in [1.29, 1.82) is 0 Å². The van der Waals surface area contributed by atoms with Gasteiger partial charge in [-0.25, -0.2) is 4.79 Å². The number of esters is 2. The van der Waals surface area contributed by atoms with Crippen molar-refractivity contribution >= 4 is 11.9 Å². The zero-order valence-corrected chi connectivity index (χ0v) is 10.6. The Kier molecular flexibility index (Phi) is 3.31. The molecular formula is C12H20O4. The van der Waals surface area contributed by atoms with Crippen LogP contribution in [0.15, 0.2) is 0 Å². The summed E-state index contributed by atoms with van der Waals surface area (Å²) in [5, 5.41) is 0. The second-order valence-electron chi connectivity index (χ2n) is 5.28. The summed E-state index contributed by atoms with van der Waals surface area (Å²) in [6, 6.07) is 0. The lowest BCUT2D eigenvalue weighted by Crippen LogP contribution is -2.40. The Bertz CT molecular complexity index is 308. The summed E-state index contributed by atoms with van der Waals surface area (Å²) < 4.78 is 10.3. The van der Waals surface area contributed by atoms with Gasteiger partial charge in [0, 0.05) is 6.42 Å². The Labute approximate surface area is 96.3 Å². The molecule has 0 spiro atoms. The van der Waals surface area contributed by atoms with Crippen LogP contribution in [-0.4, -0.2) is 23.6 Å². The molecular weight excluding hydrogens is 208 g/mol. The maximum absolute atomic E-state index is 11.9. The van der Waals surface area contributed by atoms with Crippen LogP contribution in [0.4, 0.5) is 0 Å². The van der Waals surface area contributed by atoms with Crippen molar-refractivity contribution < 1.29 is 19.1 Å². The van der Waals surface area contributed by atoms with Gasteiger partial charge in [-0.1, -0.05) is 6.92 Å². The normalized spacial score (nSPS) is 30.1. The Morgan fingerprint density at radius 1 is 1.62 bits per heavy atom. The van der Waals surface area contributed by atoms with Crippen LogP contribution < -0.4 is 0 Å². The van der Waals surface area contributed by atoms with E-state index in [4.69, 9.17) is 9.47 Å². The van der Waals surface area contributed by atoms with E-state index in [0.717, 1.165) is 0 Å². The highest BCUT2D eigenvalue weighted by Gasteiger charge is 2.48. The zero-order chi connectivity index (χ0) is 12.6. The molecule has 0 N–H and O–H groups in total. The molecule has 0 bridgehead atoms. The van der Waals surface area contributed by atoms with Gasteiger partial charge in [-0.05, 0) is 34.1 Å². The second kappa shape index (κ2) is 4.07. The molecule has 1 aliphatic heterocycles. The smallest absolute Gasteiger partial charge is 0.350 e. The number of carbonyl (C=O) groups is 2. The predicted octanol–water partition coefficient (Wildman–Crippen LogP) is 2.06. The molecule has 4 nitrogen and oxygen atoms in total. The topological polar surface area (TPSA) is 52.6 Å². The van der Waals surface area contributed by atoms with Crippen molar-refractivity contribution in [2.24, 2.45) is 5.41 Å². The van der Waals surface area contributed by atoms with E-state index in [1.54, 1.807) is 13.8 Å². The molecule has 92 valence electrons. The van der Waals surface area contributed by atoms with E-state index >= 15 is 0 Å². The Morgan fingerprint density at radius 2 is 2.19 bits per heavy atom. The molecule has 2 atom stereocenters. The highest BCUT2D eigenvalue weighted by Crippen LogP contribution is 2.32. The van der Waals surface area contributed by atoms with Crippen molar-refractivity contribution in [3.05, 3.63) is 0 Å². The third-order valence-corrected chi connectivity index (χ3v) is 3.17. The maximum atomic E-state index is 11.9. The lowest BCUT2D eigenvalue weighted by Gasteiger charge is -2.27. The van der Waals surface area contributed by atoms with Gasteiger partial charge in [-0.15, -0.1) is 0 Å². The third kappa shape index (κ3) is 2.36. The van der Waals surface area contributed by atoms with Crippen LogP contribution >= 0.6 is 0 Å². The predicted molar refractivity (Wildman–Crippen MR) is 58.7 cm³/mol. The van der Waals surface area contributed by atoms with Gasteiger partial charge in [-0.3, -0.25) is 4.79 Å². The summed E-state index contributed by atoms with van der Waals surface area (Å²) in [7, 11) is 0. The first kappa shape index (κ1) is 13.0. The van der Waals surface area contributed by atoms with Crippen molar-refractivity contribution in [3.63, 3.8) is 0 Å². The monoisotopic (exact) mass is 228 g/mol. The highest BCUT2D eigenvalue weighted by atomic mass is 16.6. The van der Waals surface area contributed by atoms with Crippen LogP contribution in [0.5, 0.6) is 0 Å². The van der Waals surface area contributed by atoms with Crippen molar-refractivity contribution in [1.82, 2.24) is 0 Å². The molecule has 2 unspecified atom stereocenters. The molecule has 16 heavy (non-hydrogen) atoms. The summed E-state index contributed by atoms with van der Waals surface area (Å²) in [4.78, 5) is 23.4. The van der Waals surface area contributed by atoms with E-state index in [-0.39, 0.29) is 12.1 Å². The molecule has 0 amide bonds. The SMILES string of the molecule is CCC(C)(C)C(=O)OC1(C)CC(C)OC1=O. The van der Waals surface area contributed by atoms with Crippen LogP contribution in [-0.2, 0) is 19.1 Å². The number of carbonyl (C=O) groups excluding carboxylic acids is 2. The molecule has 0 radical (unpaired) electrons. The molecule has 0 saturated carbocycles. The molecule has 0 aromatic carbocycles.